The Kier molecular flexibility index (Phi) is 3.18. The third-order valence-electron chi connectivity index (χ3n) is 2.08. The lowest BCUT2D eigenvalue weighted by Crippen LogP contribution is -2.12. The number of aromatic nitrogens is 1. The van der Waals surface area contributed by atoms with Gasteiger partial charge in [-0.2, -0.15) is 0 Å². The van der Waals surface area contributed by atoms with E-state index < -0.39 is 11.6 Å². The molecule has 0 atom stereocenters. The molecule has 18 heavy (non-hydrogen) atoms. The standard InChI is InChI=1S/C12H9F2N3O/c13-7-3-8(14)5-10(4-7)18-9-1-2-17-11(6-9)12(15)16/h1-6H,(H3,15,16). The molecule has 4 nitrogen and oxygen atoms in total. The minimum absolute atomic E-state index is 0.0215. The van der Waals surface area contributed by atoms with E-state index in [4.69, 9.17) is 15.9 Å². The van der Waals surface area contributed by atoms with Crippen molar-refractivity contribution in [1.29, 1.82) is 5.41 Å². The van der Waals surface area contributed by atoms with Crippen LogP contribution >= 0.6 is 0 Å². The highest BCUT2D eigenvalue weighted by Crippen LogP contribution is 2.23. The first-order chi connectivity index (χ1) is 8.54. The van der Waals surface area contributed by atoms with Crippen LogP contribution in [0.25, 0.3) is 0 Å². The van der Waals surface area contributed by atoms with Gasteiger partial charge in [0.1, 0.15) is 34.7 Å². The summed E-state index contributed by atoms with van der Waals surface area (Å²) in [7, 11) is 0. The lowest BCUT2D eigenvalue weighted by Gasteiger charge is -2.06. The topological polar surface area (TPSA) is 72.0 Å². The molecule has 2 aromatic rings. The maximum absolute atomic E-state index is 13.0. The molecule has 0 saturated heterocycles. The summed E-state index contributed by atoms with van der Waals surface area (Å²) in [5.74, 6) is -1.36. The lowest BCUT2D eigenvalue weighted by atomic mass is 10.3. The van der Waals surface area contributed by atoms with E-state index in [2.05, 4.69) is 4.98 Å². The maximum atomic E-state index is 13.0. The number of ether oxygens (including phenoxy) is 1. The maximum Gasteiger partial charge on any atom is 0.141 e. The number of benzene rings is 1. The molecule has 0 aliphatic rings. The molecule has 1 aromatic heterocycles. The van der Waals surface area contributed by atoms with Crippen LogP contribution < -0.4 is 10.5 Å². The molecule has 0 bridgehead atoms. The number of nitrogens with two attached hydrogens (primary N) is 1. The van der Waals surface area contributed by atoms with E-state index in [1.165, 1.54) is 18.3 Å². The summed E-state index contributed by atoms with van der Waals surface area (Å²) < 4.78 is 31.2. The Morgan fingerprint density at radius 3 is 2.39 bits per heavy atom. The van der Waals surface area contributed by atoms with Gasteiger partial charge in [-0.3, -0.25) is 10.4 Å². The molecule has 92 valence electrons. The van der Waals surface area contributed by atoms with Crippen molar-refractivity contribution < 1.29 is 13.5 Å². The molecule has 0 aliphatic heterocycles. The van der Waals surface area contributed by atoms with Gasteiger partial charge in [0, 0.05) is 30.5 Å². The van der Waals surface area contributed by atoms with Gasteiger partial charge >= 0.3 is 0 Å². The molecule has 0 unspecified atom stereocenters. The normalized spacial score (nSPS) is 10.1. The summed E-state index contributed by atoms with van der Waals surface area (Å²) in [5.41, 5.74) is 5.50. The van der Waals surface area contributed by atoms with Crippen molar-refractivity contribution in [3.05, 3.63) is 53.9 Å². The number of pyridine rings is 1. The molecule has 0 spiro atoms. The highest BCUT2D eigenvalue weighted by molar-refractivity contribution is 5.93. The van der Waals surface area contributed by atoms with Crippen LogP contribution in [0.5, 0.6) is 11.5 Å². The molecule has 0 aliphatic carbocycles. The Balaban J connectivity index is 2.28. The molecular weight excluding hydrogens is 240 g/mol. The van der Waals surface area contributed by atoms with Crippen LogP contribution in [-0.4, -0.2) is 10.8 Å². The fraction of sp³-hybridized carbons (Fsp3) is 0. The van der Waals surface area contributed by atoms with Crippen LogP contribution in [-0.2, 0) is 0 Å². The predicted molar refractivity (Wildman–Crippen MR) is 61.7 cm³/mol. The lowest BCUT2D eigenvalue weighted by molar-refractivity contribution is 0.467. The van der Waals surface area contributed by atoms with Gasteiger partial charge in [0.2, 0.25) is 0 Å². The zero-order valence-corrected chi connectivity index (χ0v) is 9.15. The van der Waals surface area contributed by atoms with Crippen molar-refractivity contribution in [2.45, 2.75) is 0 Å². The Hall–Kier alpha value is -2.50. The third-order valence-corrected chi connectivity index (χ3v) is 2.08. The van der Waals surface area contributed by atoms with Gasteiger partial charge in [0.05, 0.1) is 0 Å². The summed E-state index contributed by atoms with van der Waals surface area (Å²) in [6.45, 7) is 0. The number of amidine groups is 1. The van der Waals surface area contributed by atoms with Crippen LogP contribution in [0.4, 0.5) is 8.78 Å². The Labute approximate surface area is 102 Å². The second-order valence-electron chi connectivity index (χ2n) is 3.50. The SMILES string of the molecule is N=C(N)c1cc(Oc2cc(F)cc(F)c2)ccn1. The first-order valence-electron chi connectivity index (χ1n) is 4.99. The first-order valence-corrected chi connectivity index (χ1v) is 4.99. The molecule has 1 aromatic carbocycles. The largest absolute Gasteiger partial charge is 0.457 e. The summed E-state index contributed by atoms with van der Waals surface area (Å²) in [5, 5.41) is 7.22. The van der Waals surface area contributed by atoms with Gasteiger partial charge in [-0.25, -0.2) is 8.78 Å². The van der Waals surface area contributed by atoms with E-state index in [9.17, 15) is 8.78 Å². The predicted octanol–water partition coefficient (Wildman–Crippen LogP) is 2.44. The van der Waals surface area contributed by atoms with E-state index in [1.807, 2.05) is 0 Å². The molecule has 3 N–H and O–H groups in total. The minimum Gasteiger partial charge on any atom is -0.457 e. The van der Waals surface area contributed by atoms with E-state index in [0.717, 1.165) is 18.2 Å². The minimum atomic E-state index is -0.731. The fourth-order valence-corrected chi connectivity index (χ4v) is 1.35. The number of hydrogen-bond acceptors (Lipinski definition) is 3. The summed E-state index contributed by atoms with van der Waals surface area (Å²) in [6.07, 6.45) is 1.39. The highest BCUT2D eigenvalue weighted by atomic mass is 19.1. The summed E-state index contributed by atoms with van der Waals surface area (Å²) >= 11 is 0. The van der Waals surface area contributed by atoms with Crippen LogP contribution in [0.3, 0.4) is 0 Å². The Morgan fingerprint density at radius 2 is 1.78 bits per heavy atom. The smallest absolute Gasteiger partial charge is 0.141 e. The number of hydrogen-bond donors (Lipinski definition) is 2. The Bertz CT molecular complexity index is 581. The van der Waals surface area contributed by atoms with Crippen LogP contribution in [0.2, 0.25) is 0 Å². The van der Waals surface area contributed by atoms with Gasteiger partial charge in [0.15, 0.2) is 0 Å². The van der Waals surface area contributed by atoms with Crippen molar-refractivity contribution in [1.82, 2.24) is 4.98 Å². The first kappa shape index (κ1) is 12.0. The van der Waals surface area contributed by atoms with E-state index >= 15 is 0 Å². The van der Waals surface area contributed by atoms with Gasteiger partial charge in [-0.15, -0.1) is 0 Å². The summed E-state index contributed by atoms with van der Waals surface area (Å²) in [4.78, 5) is 3.84. The Morgan fingerprint density at radius 1 is 1.11 bits per heavy atom. The summed E-state index contributed by atoms with van der Waals surface area (Å²) in [6, 6.07) is 5.76. The number of nitrogen functional groups attached to an aromatic ring is 1. The van der Waals surface area contributed by atoms with Crippen LogP contribution in [0.1, 0.15) is 5.69 Å². The zero-order valence-electron chi connectivity index (χ0n) is 9.15. The van der Waals surface area contributed by atoms with Crippen molar-refractivity contribution >= 4 is 5.84 Å². The number of rotatable bonds is 3. The van der Waals surface area contributed by atoms with Crippen LogP contribution in [0, 0.1) is 17.0 Å². The van der Waals surface area contributed by atoms with Gasteiger partial charge in [-0.05, 0) is 6.07 Å². The number of nitrogens with one attached hydrogen (secondary N) is 1. The molecule has 1 heterocycles. The molecule has 2 rings (SSSR count). The van der Waals surface area contributed by atoms with E-state index in [0.29, 0.717) is 5.75 Å². The van der Waals surface area contributed by atoms with Gasteiger partial charge in [-0.1, -0.05) is 0 Å². The van der Waals surface area contributed by atoms with Crippen molar-refractivity contribution in [3.63, 3.8) is 0 Å². The van der Waals surface area contributed by atoms with E-state index in [1.54, 1.807) is 0 Å². The number of halogens is 2. The third kappa shape index (κ3) is 2.79. The van der Waals surface area contributed by atoms with Gasteiger partial charge < -0.3 is 10.5 Å². The molecule has 6 heteroatoms. The second kappa shape index (κ2) is 4.79. The molecule has 0 fully saturated rings. The zero-order chi connectivity index (χ0) is 13.1. The molecule has 0 radical (unpaired) electrons. The number of nitrogens with zero attached hydrogens (tertiary/aromatic N) is 1. The second-order valence-corrected chi connectivity index (χ2v) is 3.50. The van der Waals surface area contributed by atoms with Crippen LogP contribution in [0.15, 0.2) is 36.5 Å². The monoisotopic (exact) mass is 249 g/mol. The fourth-order valence-electron chi connectivity index (χ4n) is 1.35. The van der Waals surface area contributed by atoms with Crippen molar-refractivity contribution in [3.8, 4) is 11.5 Å². The van der Waals surface area contributed by atoms with Gasteiger partial charge in [0.25, 0.3) is 0 Å². The van der Waals surface area contributed by atoms with E-state index in [-0.39, 0.29) is 17.3 Å². The molecule has 0 saturated carbocycles. The van der Waals surface area contributed by atoms with Crippen molar-refractivity contribution in [2.24, 2.45) is 5.73 Å². The average Bonchev–Trinajstić information content (AvgIpc) is 2.27. The highest BCUT2D eigenvalue weighted by Gasteiger charge is 2.05. The quantitative estimate of drug-likeness (QED) is 0.648. The van der Waals surface area contributed by atoms with Crippen molar-refractivity contribution in [2.75, 3.05) is 0 Å². The molecule has 0 amide bonds. The molecular formula is C12H9F2N3O. The average molecular weight is 249 g/mol.